The van der Waals surface area contributed by atoms with Gasteiger partial charge in [0.15, 0.2) is 0 Å². The molecule has 1 aromatic heterocycles. The van der Waals surface area contributed by atoms with Crippen LogP contribution in [0, 0.1) is 5.92 Å². The van der Waals surface area contributed by atoms with Crippen molar-refractivity contribution in [2.45, 2.75) is 19.9 Å². The van der Waals surface area contributed by atoms with Crippen molar-refractivity contribution in [1.29, 1.82) is 0 Å². The molecular weight excluding hydrogens is 252 g/mol. The van der Waals surface area contributed by atoms with Crippen LogP contribution in [0.2, 0.25) is 5.02 Å². The number of carbonyl (C=O) groups excluding carboxylic acids is 1. The zero-order valence-corrected chi connectivity index (χ0v) is 11.0. The molecule has 96 valence electrons. The standard InChI is InChI=1S/C12H15ClN4O/c1-6(2)9(14)11(18)17-12-15-8-5-3-4-7(13)10(8)16-12/h3-6,9H,14H2,1-2H3,(H2,15,16,17,18)/t9-/m0/s1. The van der Waals surface area contributed by atoms with E-state index in [1.165, 1.54) is 0 Å². The first-order valence-corrected chi connectivity index (χ1v) is 6.07. The Bertz CT molecular complexity index is 578. The summed E-state index contributed by atoms with van der Waals surface area (Å²) in [6.45, 7) is 3.78. The molecule has 4 N–H and O–H groups in total. The van der Waals surface area contributed by atoms with Crippen LogP contribution in [0.3, 0.4) is 0 Å². The van der Waals surface area contributed by atoms with Crippen molar-refractivity contribution in [3.05, 3.63) is 23.2 Å². The fourth-order valence-electron chi connectivity index (χ4n) is 1.56. The van der Waals surface area contributed by atoms with Crippen molar-refractivity contribution in [3.8, 4) is 0 Å². The van der Waals surface area contributed by atoms with E-state index in [1.807, 2.05) is 26.0 Å². The number of anilines is 1. The van der Waals surface area contributed by atoms with Crippen LogP contribution in [0.25, 0.3) is 11.0 Å². The maximum atomic E-state index is 11.8. The molecule has 0 fully saturated rings. The van der Waals surface area contributed by atoms with E-state index in [0.717, 1.165) is 5.52 Å². The highest BCUT2D eigenvalue weighted by Crippen LogP contribution is 2.22. The fraction of sp³-hybridized carbons (Fsp3) is 0.333. The van der Waals surface area contributed by atoms with E-state index in [0.29, 0.717) is 16.5 Å². The summed E-state index contributed by atoms with van der Waals surface area (Å²) in [4.78, 5) is 19.0. The van der Waals surface area contributed by atoms with Crippen LogP contribution in [0.4, 0.5) is 5.95 Å². The molecule has 1 aromatic carbocycles. The minimum absolute atomic E-state index is 0.0676. The lowest BCUT2D eigenvalue weighted by molar-refractivity contribution is -0.118. The number of benzene rings is 1. The summed E-state index contributed by atoms with van der Waals surface area (Å²) in [5, 5.41) is 3.19. The molecule has 6 heteroatoms. The van der Waals surface area contributed by atoms with Crippen LogP contribution < -0.4 is 11.1 Å². The van der Waals surface area contributed by atoms with Crippen LogP contribution >= 0.6 is 11.6 Å². The van der Waals surface area contributed by atoms with Gasteiger partial charge in [0.1, 0.15) is 5.52 Å². The zero-order valence-electron chi connectivity index (χ0n) is 10.2. The number of rotatable bonds is 3. The number of hydrogen-bond donors (Lipinski definition) is 3. The van der Waals surface area contributed by atoms with Gasteiger partial charge in [-0.05, 0) is 18.1 Å². The summed E-state index contributed by atoms with van der Waals surface area (Å²) in [6, 6.07) is 4.84. The normalized spacial score (nSPS) is 12.9. The predicted octanol–water partition coefficient (Wildman–Crippen LogP) is 2.14. The summed E-state index contributed by atoms with van der Waals surface area (Å²) in [5.74, 6) is 0.164. The first kappa shape index (κ1) is 12.9. The molecular formula is C12H15ClN4O. The molecule has 0 unspecified atom stereocenters. The smallest absolute Gasteiger partial charge is 0.243 e. The van der Waals surface area contributed by atoms with Crippen molar-refractivity contribution in [2.24, 2.45) is 11.7 Å². The SMILES string of the molecule is CC(C)[C@H](N)C(=O)Nc1nc2c(Cl)cccc2[nH]1. The summed E-state index contributed by atoms with van der Waals surface area (Å²) in [6.07, 6.45) is 0. The van der Waals surface area contributed by atoms with E-state index in [2.05, 4.69) is 15.3 Å². The number of halogens is 1. The first-order valence-electron chi connectivity index (χ1n) is 5.69. The van der Waals surface area contributed by atoms with Crippen molar-refractivity contribution < 1.29 is 4.79 Å². The second kappa shape index (κ2) is 4.96. The minimum Gasteiger partial charge on any atom is -0.324 e. The lowest BCUT2D eigenvalue weighted by Gasteiger charge is -2.13. The van der Waals surface area contributed by atoms with Crippen molar-refractivity contribution in [3.63, 3.8) is 0 Å². The second-order valence-corrected chi connectivity index (χ2v) is 4.89. The van der Waals surface area contributed by atoms with Gasteiger partial charge in [-0.1, -0.05) is 31.5 Å². The van der Waals surface area contributed by atoms with Gasteiger partial charge in [0.2, 0.25) is 11.9 Å². The Kier molecular flexibility index (Phi) is 3.54. The lowest BCUT2D eigenvalue weighted by Crippen LogP contribution is -2.39. The van der Waals surface area contributed by atoms with Gasteiger partial charge < -0.3 is 10.7 Å². The van der Waals surface area contributed by atoms with E-state index < -0.39 is 6.04 Å². The maximum absolute atomic E-state index is 11.8. The molecule has 1 heterocycles. The zero-order chi connectivity index (χ0) is 13.3. The van der Waals surface area contributed by atoms with Gasteiger partial charge in [-0.2, -0.15) is 0 Å². The monoisotopic (exact) mass is 266 g/mol. The fourth-order valence-corrected chi connectivity index (χ4v) is 1.78. The summed E-state index contributed by atoms with van der Waals surface area (Å²) in [7, 11) is 0. The Morgan fingerprint density at radius 1 is 1.50 bits per heavy atom. The number of fused-ring (bicyclic) bond motifs is 1. The Balaban J connectivity index is 2.23. The Hall–Kier alpha value is -1.59. The Labute approximate surface area is 110 Å². The van der Waals surface area contributed by atoms with Crippen LogP contribution in [0.1, 0.15) is 13.8 Å². The number of nitrogens with zero attached hydrogens (tertiary/aromatic N) is 1. The van der Waals surface area contributed by atoms with Gasteiger partial charge in [0.05, 0.1) is 16.6 Å². The number of nitrogens with two attached hydrogens (primary N) is 1. The molecule has 2 aromatic rings. The summed E-state index contributed by atoms with van der Waals surface area (Å²) >= 11 is 6.00. The molecule has 0 aliphatic carbocycles. The van der Waals surface area contributed by atoms with Gasteiger partial charge in [-0.3, -0.25) is 10.1 Å². The molecule has 0 saturated carbocycles. The molecule has 1 atom stereocenters. The largest absolute Gasteiger partial charge is 0.324 e. The van der Waals surface area contributed by atoms with E-state index in [-0.39, 0.29) is 11.8 Å². The second-order valence-electron chi connectivity index (χ2n) is 4.48. The van der Waals surface area contributed by atoms with Gasteiger partial charge in [0.25, 0.3) is 0 Å². The number of carbonyl (C=O) groups is 1. The number of para-hydroxylation sites is 1. The number of H-pyrrole nitrogens is 1. The van der Waals surface area contributed by atoms with Gasteiger partial charge in [-0.25, -0.2) is 4.98 Å². The van der Waals surface area contributed by atoms with E-state index in [4.69, 9.17) is 17.3 Å². The molecule has 2 rings (SSSR count). The van der Waals surface area contributed by atoms with E-state index in [9.17, 15) is 4.79 Å². The topological polar surface area (TPSA) is 83.8 Å². The number of aromatic nitrogens is 2. The number of amides is 1. The van der Waals surface area contributed by atoms with Crippen molar-refractivity contribution >= 4 is 34.5 Å². The number of imidazole rings is 1. The molecule has 18 heavy (non-hydrogen) atoms. The van der Waals surface area contributed by atoms with E-state index >= 15 is 0 Å². The van der Waals surface area contributed by atoms with Gasteiger partial charge in [0, 0.05) is 0 Å². The molecule has 0 aliphatic heterocycles. The average Bonchev–Trinajstić information content (AvgIpc) is 2.71. The third-order valence-electron chi connectivity index (χ3n) is 2.73. The third-order valence-corrected chi connectivity index (χ3v) is 3.03. The maximum Gasteiger partial charge on any atom is 0.243 e. The lowest BCUT2D eigenvalue weighted by atomic mass is 10.1. The van der Waals surface area contributed by atoms with Crippen LogP contribution in [-0.4, -0.2) is 21.9 Å². The molecule has 0 saturated heterocycles. The summed E-state index contributed by atoms with van der Waals surface area (Å²) in [5.41, 5.74) is 7.16. The highest BCUT2D eigenvalue weighted by Gasteiger charge is 2.18. The minimum atomic E-state index is -0.561. The van der Waals surface area contributed by atoms with Crippen LogP contribution in [-0.2, 0) is 4.79 Å². The molecule has 0 spiro atoms. The van der Waals surface area contributed by atoms with Gasteiger partial charge >= 0.3 is 0 Å². The Morgan fingerprint density at radius 2 is 2.22 bits per heavy atom. The molecule has 5 nitrogen and oxygen atoms in total. The first-order chi connectivity index (χ1) is 8.49. The number of aromatic amines is 1. The van der Waals surface area contributed by atoms with Crippen molar-refractivity contribution in [1.82, 2.24) is 9.97 Å². The number of hydrogen-bond acceptors (Lipinski definition) is 3. The van der Waals surface area contributed by atoms with E-state index in [1.54, 1.807) is 6.07 Å². The predicted molar refractivity (Wildman–Crippen MR) is 72.5 cm³/mol. The van der Waals surface area contributed by atoms with Crippen molar-refractivity contribution in [2.75, 3.05) is 5.32 Å². The summed E-state index contributed by atoms with van der Waals surface area (Å²) < 4.78 is 0. The molecule has 1 amide bonds. The van der Waals surface area contributed by atoms with Gasteiger partial charge in [-0.15, -0.1) is 0 Å². The number of nitrogens with one attached hydrogen (secondary N) is 2. The highest BCUT2D eigenvalue weighted by molar-refractivity contribution is 6.35. The third kappa shape index (κ3) is 2.47. The highest BCUT2D eigenvalue weighted by atomic mass is 35.5. The Morgan fingerprint density at radius 3 is 2.83 bits per heavy atom. The average molecular weight is 267 g/mol. The van der Waals surface area contributed by atoms with Crippen LogP contribution in [0.5, 0.6) is 0 Å². The molecule has 0 bridgehead atoms. The molecule has 0 radical (unpaired) electrons. The molecule has 0 aliphatic rings. The quantitative estimate of drug-likeness (QED) is 0.796. The van der Waals surface area contributed by atoms with Crippen LogP contribution in [0.15, 0.2) is 18.2 Å².